The Hall–Kier alpha value is -3.72. The van der Waals surface area contributed by atoms with Crippen LogP contribution in [0.5, 0.6) is 5.75 Å². The molecule has 0 unspecified atom stereocenters. The highest BCUT2D eigenvalue weighted by atomic mass is 16.6. The summed E-state index contributed by atoms with van der Waals surface area (Å²) in [6.45, 7) is 3.10. The topological polar surface area (TPSA) is 104 Å². The van der Waals surface area contributed by atoms with E-state index in [1.807, 2.05) is 24.3 Å². The fourth-order valence-electron chi connectivity index (χ4n) is 3.26. The molecular weight excluding hydrogens is 390 g/mol. The van der Waals surface area contributed by atoms with E-state index >= 15 is 0 Å². The summed E-state index contributed by atoms with van der Waals surface area (Å²) < 4.78 is 15.6. The predicted octanol–water partition coefficient (Wildman–Crippen LogP) is 2.78. The molecule has 0 aliphatic carbocycles. The average Bonchev–Trinajstić information content (AvgIpc) is 3.14. The van der Waals surface area contributed by atoms with E-state index in [9.17, 15) is 14.9 Å². The van der Waals surface area contributed by atoms with Crippen molar-refractivity contribution in [2.45, 2.75) is 0 Å². The first-order chi connectivity index (χ1) is 14.5. The first-order valence-electron chi connectivity index (χ1n) is 9.33. The Morgan fingerprint density at radius 3 is 2.57 bits per heavy atom. The van der Waals surface area contributed by atoms with E-state index in [1.54, 1.807) is 12.1 Å². The number of hydrogen-bond donors (Lipinski definition) is 0. The van der Waals surface area contributed by atoms with Gasteiger partial charge in [-0.15, -0.1) is 0 Å². The van der Waals surface area contributed by atoms with Gasteiger partial charge in [0.05, 0.1) is 25.2 Å². The number of anilines is 1. The number of ether oxygens (including phenoxy) is 3. The van der Waals surface area contributed by atoms with Crippen LogP contribution < -0.4 is 9.64 Å². The number of esters is 1. The zero-order valence-corrected chi connectivity index (χ0v) is 16.2. The predicted molar refractivity (Wildman–Crippen MR) is 110 cm³/mol. The van der Waals surface area contributed by atoms with Gasteiger partial charge in [-0.05, 0) is 35.9 Å². The number of methoxy groups -OCH3 is 1. The third kappa shape index (κ3) is 4.01. The Kier molecular flexibility index (Phi) is 5.44. The lowest BCUT2D eigenvalue weighted by atomic mass is 10.1. The monoisotopic (exact) mass is 409 g/mol. The van der Waals surface area contributed by atoms with Crippen LogP contribution in [0.1, 0.15) is 11.1 Å². The Balaban J connectivity index is 1.57. The van der Waals surface area contributed by atoms with Crippen LogP contribution in [0.4, 0.5) is 11.4 Å². The van der Waals surface area contributed by atoms with E-state index in [4.69, 9.17) is 14.2 Å². The van der Waals surface area contributed by atoms with Crippen molar-refractivity contribution in [1.29, 1.82) is 0 Å². The van der Waals surface area contributed by atoms with E-state index in [2.05, 4.69) is 9.89 Å². The molecule has 0 radical (unpaired) electrons. The maximum absolute atomic E-state index is 12.2. The molecule has 2 aromatic carbocycles. The van der Waals surface area contributed by atoms with Crippen molar-refractivity contribution in [2.24, 2.45) is 4.99 Å². The number of carbonyl (C=O) groups is 1. The van der Waals surface area contributed by atoms with Gasteiger partial charge in [0.25, 0.3) is 0 Å². The van der Waals surface area contributed by atoms with Gasteiger partial charge in [-0.25, -0.2) is 9.79 Å². The summed E-state index contributed by atoms with van der Waals surface area (Å²) in [5, 5.41) is 11.2. The molecule has 4 rings (SSSR count). The van der Waals surface area contributed by atoms with Crippen LogP contribution >= 0.6 is 0 Å². The molecule has 2 aromatic rings. The van der Waals surface area contributed by atoms with Crippen LogP contribution in [-0.2, 0) is 14.3 Å². The minimum atomic E-state index is -0.610. The molecule has 2 heterocycles. The number of carbonyl (C=O) groups excluding carboxylic acids is 1. The van der Waals surface area contributed by atoms with Crippen molar-refractivity contribution in [3.8, 4) is 5.75 Å². The van der Waals surface area contributed by atoms with Crippen LogP contribution in [-0.4, -0.2) is 50.2 Å². The zero-order chi connectivity index (χ0) is 21.1. The third-order valence-corrected chi connectivity index (χ3v) is 4.82. The third-order valence-electron chi connectivity index (χ3n) is 4.82. The molecule has 9 nitrogen and oxygen atoms in total. The highest BCUT2D eigenvalue weighted by molar-refractivity contribution is 6.13. The second kappa shape index (κ2) is 8.34. The summed E-state index contributed by atoms with van der Waals surface area (Å²) in [5.41, 5.74) is 2.10. The van der Waals surface area contributed by atoms with Gasteiger partial charge in [0.1, 0.15) is 0 Å². The number of benzene rings is 2. The molecule has 0 bridgehead atoms. The van der Waals surface area contributed by atoms with E-state index in [1.165, 1.54) is 19.2 Å². The minimum Gasteiger partial charge on any atom is -0.490 e. The van der Waals surface area contributed by atoms with Crippen molar-refractivity contribution in [3.05, 3.63) is 69.4 Å². The lowest BCUT2D eigenvalue weighted by Gasteiger charge is -2.28. The fourth-order valence-corrected chi connectivity index (χ4v) is 3.26. The smallest absolute Gasteiger partial charge is 0.363 e. The van der Waals surface area contributed by atoms with E-state index in [0.29, 0.717) is 18.8 Å². The van der Waals surface area contributed by atoms with Crippen LogP contribution in [0.2, 0.25) is 0 Å². The van der Waals surface area contributed by atoms with Gasteiger partial charge in [0, 0.05) is 30.4 Å². The molecule has 154 valence electrons. The molecule has 0 atom stereocenters. The Bertz CT molecular complexity index is 1040. The number of cyclic esters (lactones) is 1. The number of morpholine rings is 1. The van der Waals surface area contributed by atoms with Crippen LogP contribution in [0, 0.1) is 10.1 Å². The molecule has 30 heavy (non-hydrogen) atoms. The lowest BCUT2D eigenvalue weighted by molar-refractivity contribution is -0.385. The molecule has 9 heteroatoms. The van der Waals surface area contributed by atoms with Gasteiger partial charge < -0.3 is 19.1 Å². The Labute approximate surface area is 172 Å². The normalized spacial score (nSPS) is 17.6. The molecule has 0 N–H and O–H groups in total. The first-order valence-corrected chi connectivity index (χ1v) is 9.33. The molecule has 0 amide bonds. The quantitative estimate of drug-likeness (QED) is 0.324. The number of nitro benzene ring substituents is 1. The fraction of sp³-hybridized carbons (Fsp3) is 0.238. The van der Waals surface area contributed by atoms with Crippen molar-refractivity contribution in [1.82, 2.24) is 0 Å². The van der Waals surface area contributed by atoms with E-state index < -0.39 is 10.9 Å². The van der Waals surface area contributed by atoms with Crippen molar-refractivity contribution in [3.63, 3.8) is 0 Å². The molecule has 2 aliphatic rings. The maximum atomic E-state index is 12.2. The lowest BCUT2D eigenvalue weighted by Crippen LogP contribution is -2.36. The first kappa shape index (κ1) is 19.6. The molecule has 2 aliphatic heterocycles. The maximum Gasteiger partial charge on any atom is 0.363 e. The summed E-state index contributed by atoms with van der Waals surface area (Å²) in [4.78, 5) is 29.3. The molecule has 1 fully saturated rings. The van der Waals surface area contributed by atoms with Crippen molar-refractivity contribution >= 4 is 29.3 Å². The number of aliphatic imine (C=N–C) groups is 1. The Morgan fingerprint density at radius 2 is 1.90 bits per heavy atom. The number of nitrogens with zero attached hydrogens (tertiary/aromatic N) is 3. The average molecular weight is 409 g/mol. The molecule has 0 aromatic heterocycles. The molecule has 1 saturated heterocycles. The Morgan fingerprint density at radius 1 is 1.17 bits per heavy atom. The number of nitro groups is 1. The highest BCUT2D eigenvalue weighted by Crippen LogP contribution is 2.29. The molecule has 0 saturated carbocycles. The summed E-state index contributed by atoms with van der Waals surface area (Å²) in [5.74, 6) is -0.479. The van der Waals surface area contributed by atoms with Gasteiger partial charge in [-0.1, -0.05) is 12.1 Å². The SMILES string of the molecule is COc1ccc(C2=N/C(=C\c3ccc(N4CCOCC4)cc3)C(=O)O2)cc1[N+](=O)[O-]. The minimum absolute atomic E-state index is 0.0157. The largest absolute Gasteiger partial charge is 0.490 e. The van der Waals surface area contributed by atoms with Gasteiger partial charge >= 0.3 is 11.7 Å². The highest BCUT2D eigenvalue weighted by Gasteiger charge is 2.26. The number of rotatable bonds is 5. The van der Waals surface area contributed by atoms with Gasteiger partial charge in [0.2, 0.25) is 5.90 Å². The summed E-state index contributed by atoms with van der Waals surface area (Å²) in [6.07, 6.45) is 1.62. The van der Waals surface area contributed by atoms with Crippen LogP contribution in [0.25, 0.3) is 6.08 Å². The van der Waals surface area contributed by atoms with Gasteiger partial charge in [-0.2, -0.15) is 0 Å². The zero-order valence-electron chi connectivity index (χ0n) is 16.2. The second-order valence-corrected chi connectivity index (χ2v) is 6.67. The molecular formula is C21H19N3O6. The summed E-state index contributed by atoms with van der Waals surface area (Å²) >= 11 is 0. The van der Waals surface area contributed by atoms with Crippen molar-refractivity contribution in [2.75, 3.05) is 38.3 Å². The molecule has 0 spiro atoms. The van der Waals surface area contributed by atoms with E-state index in [-0.39, 0.29) is 23.0 Å². The van der Waals surface area contributed by atoms with Crippen molar-refractivity contribution < 1.29 is 23.9 Å². The number of hydrogen-bond acceptors (Lipinski definition) is 8. The standard InChI is InChI=1S/C21H19N3O6/c1-28-19-7-4-15(13-18(19)24(26)27)20-22-17(21(25)30-20)12-14-2-5-16(6-3-14)23-8-10-29-11-9-23/h2-7,12-13H,8-11H2,1H3/b17-12-. The van der Waals surface area contributed by atoms with Gasteiger partial charge in [-0.3, -0.25) is 10.1 Å². The second-order valence-electron chi connectivity index (χ2n) is 6.67. The summed E-state index contributed by atoms with van der Waals surface area (Å²) in [6, 6.07) is 12.0. The van der Waals surface area contributed by atoms with Crippen LogP contribution in [0.3, 0.4) is 0 Å². The van der Waals surface area contributed by atoms with Gasteiger partial charge in [0.15, 0.2) is 11.4 Å². The summed E-state index contributed by atoms with van der Waals surface area (Å²) in [7, 11) is 1.35. The van der Waals surface area contributed by atoms with Crippen LogP contribution in [0.15, 0.2) is 53.2 Å². The van der Waals surface area contributed by atoms with E-state index in [0.717, 1.165) is 24.3 Å².